The van der Waals surface area contributed by atoms with Crippen molar-refractivity contribution < 1.29 is 12.4 Å². The van der Waals surface area contributed by atoms with Crippen molar-refractivity contribution in [1.29, 1.82) is 0 Å². The Bertz CT molecular complexity index is 410. The number of rotatable bonds is 17. The third-order valence-corrected chi connectivity index (χ3v) is 19.6. The molecule has 2 heteroatoms. The minimum absolute atomic E-state index is 0. The van der Waals surface area contributed by atoms with Crippen LogP contribution in [0.25, 0.3) is 0 Å². The molecule has 0 saturated carbocycles. The van der Waals surface area contributed by atoms with Crippen molar-refractivity contribution in [3.8, 4) is 0 Å². The Morgan fingerprint density at radius 1 is 0.556 bits per heavy atom. The molecule has 158 valence electrons. The molecule has 0 aliphatic heterocycles. The van der Waals surface area contributed by atoms with Gasteiger partial charge in [0.05, 0.1) is 0 Å². The standard InChI is InChI=1S/C10H21.C7H7.2C4H9.ClH.Sb/c1-3-5-7-9-10-8-6-4-2;1-7-5-3-2-4-6-7;2*1-3-4-2;;/h1,3-10H2,2H3;2-6H,1H2;2*1,3-4H2,2H3;1H;/q;;;;;+1/p-1. The van der Waals surface area contributed by atoms with E-state index < -0.39 is 18.8 Å². The van der Waals surface area contributed by atoms with Gasteiger partial charge < -0.3 is 12.4 Å². The van der Waals surface area contributed by atoms with Crippen molar-refractivity contribution in [2.24, 2.45) is 0 Å². The van der Waals surface area contributed by atoms with E-state index in [1.54, 1.807) is 18.7 Å². The van der Waals surface area contributed by atoms with Gasteiger partial charge in [0.25, 0.3) is 0 Å². The topological polar surface area (TPSA) is 0 Å². The fourth-order valence-electron chi connectivity index (χ4n) is 4.11. The van der Waals surface area contributed by atoms with Crippen LogP contribution >= 0.6 is 0 Å². The van der Waals surface area contributed by atoms with Crippen molar-refractivity contribution in [3.05, 3.63) is 35.9 Å². The fraction of sp³-hybridized carbons (Fsp3) is 0.760. The van der Waals surface area contributed by atoms with Gasteiger partial charge in [-0.1, -0.05) is 0 Å². The Morgan fingerprint density at radius 3 is 1.52 bits per heavy atom. The summed E-state index contributed by atoms with van der Waals surface area (Å²) in [4.78, 5) is 0. The summed E-state index contributed by atoms with van der Waals surface area (Å²) in [6.45, 7) is 7.08. The zero-order valence-electron chi connectivity index (χ0n) is 18.5. The van der Waals surface area contributed by atoms with Gasteiger partial charge in [-0.05, 0) is 0 Å². The number of hydrogen-bond donors (Lipinski definition) is 0. The van der Waals surface area contributed by atoms with Gasteiger partial charge in [0, 0.05) is 0 Å². The molecule has 0 aromatic heterocycles. The monoisotopic (exact) mass is 502 g/mol. The molecule has 0 nitrogen and oxygen atoms in total. The van der Waals surface area contributed by atoms with E-state index in [1.165, 1.54) is 81.4 Å². The molecule has 0 saturated heterocycles. The van der Waals surface area contributed by atoms with Crippen LogP contribution in [-0.4, -0.2) is 18.8 Å². The second-order valence-electron chi connectivity index (χ2n) is 8.34. The van der Waals surface area contributed by atoms with E-state index in [-0.39, 0.29) is 12.4 Å². The van der Waals surface area contributed by atoms with E-state index in [1.807, 2.05) is 0 Å². The Kier molecular flexibility index (Phi) is 18.6. The SMILES string of the molecule is CCCCCCCCC[CH2][Sb+]([CH2]CCC)([CH2]CCC)[CH2]c1ccccc1.[Cl-]. The van der Waals surface area contributed by atoms with Gasteiger partial charge in [-0.2, -0.15) is 0 Å². The Hall–Kier alpha value is 0.328. The Balaban J connectivity index is 0.00000676. The van der Waals surface area contributed by atoms with E-state index in [0.29, 0.717) is 0 Å². The summed E-state index contributed by atoms with van der Waals surface area (Å²) < 4.78 is 6.39. The predicted molar refractivity (Wildman–Crippen MR) is 123 cm³/mol. The van der Waals surface area contributed by atoms with Crippen LogP contribution in [0, 0.1) is 0 Å². The molecule has 0 heterocycles. The summed E-state index contributed by atoms with van der Waals surface area (Å²) in [5.74, 6) is 0. The zero-order valence-corrected chi connectivity index (χ0v) is 21.8. The molecule has 0 unspecified atom stereocenters. The largest absolute Gasteiger partial charge is 1.00 e. The first-order chi connectivity index (χ1) is 12.8. The van der Waals surface area contributed by atoms with Crippen LogP contribution in [0.1, 0.15) is 103 Å². The molecule has 0 aliphatic carbocycles. The number of hydrogen-bond acceptors (Lipinski definition) is 0. The molecule has 0 fully saturated rings. The maximum Gasteiger partial charge on any atom is -1.00 e. The van der Waals surface area contributed by atoms with E-state index in [9.17, 15) is 0 Å². The first-order valence-electron chi connectivity index (χ1n) is 11.7. The average Bonchev–Trinajstić information content (AvgIpc) is 2.67. The summed E-state index contributed by atoms with van der Waals surface area (Å²) in [5, 5.41) is 0. The van der Waals surface area contributed by atoms with Gasteiger partial charge in [0.2, 0.25) is 0 Å². The van der Waals surface area contributed by atoms with E-state index in [0.717, 1.165) is 0 Å². The quantitative estimate of drug-likeness (QED) is 0.182. The molecule has 0 atom stereocenters. The predicted octanol–water partition coefficient (Wildman–Crippen LogP) is 5.96. The first-order valence-corrected chi connectivity index (χ1v) is 18.9. The second kappa shape index (κ2) is 18.4. The van der Waals surface area contributed by atoms with Gasteiger partial charge in [0.1, 0.15) is 0 Å². The van der Waals surface area contributed by atoms with Gasteiger partial charge in [0.15, 0.2) is 0 Å². The normalized spacial score (nSPS) is 11.4. The summed E-state index contributed by atoms with van der Waals surface area (Å²) in [6, 6.07) is 11.5. The maximum atomic E-state index is 2.40. The second-order valence-corrected chi connectivity index (χ2v) is 20.7. The summed E-state index contributed by atoms with van der Waals surface area (Å²) in [5.41, 5.74) is 1.64. The summed E-state index contributed by atoms with van der Waals surface area (Å²) in [7, 11) is 0. The third kappa shape index (κ3) is 13.2. The molecule has 0 amide bonds. The molecule has 0 N–H and O–H groups in total. The van der Waals surface area contributed by atoms with Gasteiger partial charge in [-0.15, -0.1) is 0 Å². The van der Waals surface area contributed by atoms with Crippen molar-refractivity contribution in [3.63, 3.8) is 0 Å². The van der Waals surface area contributed by atoms with E-state index in [2.05, 4.69) is 51.1 Å². The summed E-state index contributed by atoms with van der Waals surface area (Å²) in [6.07, 6.45) is 17.4. The smallest absolute Gasteiger partial charge is 1.00 e. The number of benzene rings is 1. The molecule has 0 bridgehead atoms. The van der Waals surface area contributed by atoms with Crippen LogP contribution < -0.4 is 12.4 Å². The molecule has 0 aliphatic rings. The third-order valence-electron chi connectivity index (χ3n) is 5.82. The maximum absolute atomic E-state index is 2.40. The zero-order chi connectivity index (χ0) is 18.9. The molecule has 0 spiro atoms. The van der Waals surface area contributed by atoms with Crippen LogP contribution in [0.5, 0.6) is 0 Å². The van der Waals surface area contributed by atoms with Gasteiger partial charge >= 0.3 is 170 Å². The fourth-order valence-corrected chi connectivity index (χ4v) is 18.4. The van der Waals surface area contributed by atoms with Crippen molar-refractivity contribution in [2.45, 2.75) is 115 Å². The number of unbranched alkanes of at least 4 members (excludes halogenated alkanes) is 9. The first kappa shape index (κ1) is 27.3. The molecule has 1 aromatic rings. The van der Waals surface area contributed by atoms with E-state index >= 15 is 0 Å². The van der Waals surface area contributed by atoms with Crippen molar-refractivity contribution >= 4 is 18.8 Å². The number of halogens is 1. The molecule has 1 rings (SSSR count). The van der Waals surface area contributed by atoms with Crippen LogP contribution in [0.3, 0.4) is 0 Å². The van der Waals surface area contributed by atoms with Crippen LogP contribution in [0.15, 0.2) is 30.3 Å². The molecular formula is C25H46ClSb. The van der Waals surface area contributed by atoms with Crippen molar-refractivity contribution in [1.82, 2.24) is 0 Å². The Morgan fingerprint density at radius 2 is 1.00 bits per heavy atom. The molecular weight excluding hydrogens is 457 g/mol. The van der Waals surface area contributed by atoms with Crippen molar-refractivity contribution in [2.75, 3.05) is 0 Å². The van der Waals surface area contributed by atoms with Crippen LogP contribution in [0.2, 0.25) is 13.1 Å². The minimum Gasteiger partial charge on any atom is -1.00 e. The summed E-state index contributed by atoms with van der Waals surface area (Å²) >= 11 is -1.91. The van der Waals surface area contributed by atoms with E-state index in [4.69, 9.17) is 0 Å². The van der Waals surface area contributed by atoms with Crippen LogP contribution in [0.4, 0.5) is 0 Å². The van der Waals surface area contributed by atoms with Crippen LogP contribution in [-0.2, 0) is 4.37 Å². The molecule has 0 radical (unpaired) electrons. The Labute approximate surface area is 181 Å². The average molecular weight is 504 g/mol. The minimum atomic E-state index is -1.91. The van der Waals surface area contributed by atoms with Gasteiger partial charge in [-0.3, -0.25) is 0 Å². The molecule has 27 heavy (non-hydrogen) atoms. The molecule has 1 aromatic carbocycles. The van der Waals surface area contributed by atoms with Gasteiger partial charge in [-0.25, -0.2) is 0 Å².